The summed E-state index contributed by atoms with van der Waals surface area (Å²) < 4.78 is 2.28. The fourth-order valence-corrected chi connectivity index (χ4v) is 17.9. The van der Waals surface area contributed by atoms with Crippen molar-refractivity contribution in [1.29, 1.82) is 0 Å². The van der Waals surface area contributed by atoms with Gasteiger partial charge in [0, 0.05) is 43.3 Å². The van der Waals surface area contributed by atoms with Crippen LogP contribution in [0.1, 0.15) is 355 Å². The number of benzene rings is 4. The van der Waals surface area contributed by atoms with Gasteiger partial charge in [-0.3, -0.25) is 19.4 Å². The molecular weight excluding hydrogens is 1230 g/mol. The molecule has 6 heteroatoms. The molecule has 4 heterocycles. The topological polar surface area (TPSA) is 40.6 Å². The van der Waals surface area contributed by atoms with E-state index in [1.165, 1.54) is 301 Å². The standard InChI is InChI=1S/C84H114Br2N2O2/c1-5-9-13-17-21-25-29-33-37-41-51-83(52-42-38-34-30-26-22-18-14-10-6-2)73-59-65(85)45-47-67(73)71-57-63-49-55-87-79(69(63)61-75(71)83)77-78(82(87)90)80-70-62-76-72(58-64(70)50-56-88(80)81(77)89)68-48-46-66(86)60-74(68)84(76,53-43-39-35-31-27-23-19-15-11-7-3)54-44-40-36-32-28-24-20-16-12-8-4/h45-50,55-62H,5-44,51-54H2,1-4H3. The quantitative estimate of drug-likeness (QED) is 0.0414. The molecule has 4 aromatic carbocycles. The Labute approximate surface area is 563 Å². The number of amides is 2. The molecule has 4 nitrogen and oxygen atoms in total. The lowest BCUT2D eigenvalue weighted by atomic mass is 9.70. The zero-order valence-corrected chi connectivity index (χ0v) is 59.8. The second kappa shape index (κ2) is 34.2. The summed E-state index contributed by atoms with van der Waals surface area (Å²) in [6.45, 7) is 9.24. The van der Waals surface area contributed by atoms with Crippen molar-refractivity contribution in [2.24, 2.45) is 0 Å². The first-order valence-corrected chi connectivity index (χ1v) is 39.3. The number of rotatable bonds is 44. The summed E-state index contributed by atoms with van der Waals surface area (Å²) >= 11 is 7.98. The summed E-state index contributed by atoms with van der Waals surface area (Å²) in [7, 11) is 0. The Morgan fingerprint density at radius 3 is 0.833 bits per heavy atom. The van der Waals surface area contributed by atoms with E-state index in [9.17, 15) is 0 Å². The van der Waals surface area contributed by atoms with Gasteiger partial charge in [-0.1, -0.05) is 329 Å². The molecule has 0 N–H and O–H groups in total. The molecule has 90 heavy (non-hydrogen) atoms. The van der Waals surface area contributed by atoms with Crippen LogP contribution in [0.2, 0.25) is 0 Å². The smallest absolute Gasteiger partial charge is 0.265 e. The molecule has 6 aliphatic rings. The van der Waals surface area contributed by atoms with E-state index in [0.717, 1.165) is 68.3 Å². The first kappa shape index (κ1) is 68.6. The SMILES string of the molecule is CCCCCCCCCCCCC1(CCCCCCCCCCCC)c2cc(Br)ccc2-c2cc3c(cc21)C1=C2C(=O)N4C=Cc5cc6c(cc5C4=C2C(=O)N1C=C3)C(CCCCCCCCCCCC)(CCCCCCCCCCCC)c1cc(Br)ccc1-6. The second-order valence-corrected chi connectivity index (χ2v) is 30.5. The Morgan fingerprint density at radius 1 is 0.300 bits per heavy atom. The summed E-state index contributed by atoms with van der Waals surface area (Å²) in [6, 6.07) is 23.9. The molecule has 2 aliphatic carbocycles. The van der Waals surface area contributed by atoms with Gasteiger partial charge in [-0.2, -0.15) is 0 Å². The second-order valence-electron chi connectivity index (χ2n) is 28.7. The molecule has 0 saturated heterocycles. The van der Waals surface area contributed by atoms with Gasteiger partial charge >= 0.3 is 0 Å². The number of hydrogen-bond donors (Lipinski definition) is 0. The summed E-state index contributed by atoms with van der Waals surface area (Å²) in [5.41, 5.74) is 17.7. The summed E-state index contributed by atoms with van der Waals surface area (Å²) in [4.78, 5) is 34.9. The van der Waals surface area contributed by atoms with Crippen molar-refractivity contribution in [3.05, 3.63) is 138 Å². The average Bonchev–Trinajstić information content (AvgIpc) is 1.53. The molecule has 0 spiro atoms. The number of unbranched alkanes of at least 4 members (excludes halogenated alkanes) is 36. The van der Waals surface area contributed by atoms with Gasteiger partial charge in [-0.15, -0.1) is 0 Å². The van der Waals surface area contributed by atoms with Crippen molar-refractivity contribution in [3.8, 4) is 22.3 Å². The number of halogens is 2. The molecule has 0 aromatic heterocycles. The lowest BCUT2D eigenvalue weighted by Crippen LogP contribution is -2.28. The maximum atomic E-state index is 15.6. The highest BCUT2D eigenvalue weighted by atomic mass is 79.9. The van der Waals surface area contributed by atoms with Crippen molar-refractivity contribution in [3.63, 3.8) is 0 Å². The predicted octanol–water partition coefficient (Wildman–Crippen LogP) is 26.8. The summed E-state index contributed by atoms with van der Waals surface area (Å²) in [5, 5.41) is 0. The van der Waals surface area contributed by atoms with Crippen LogP contribution < -0.4 is 0 Å². The van der Waals surface area contributed by atoms with Crippen LogP contribution in [-0.2, 0) is 20.4 Å². The zero-order chi connectivity index (χ0) is 62.7. The van der Waals surface area contributed by atoms with Gasteiger partial charge in [-0.25, -0.2) is 0 Å². The minimum atomic E-state index is -0.161. The van der Waals surface area contributed by atoms with Gasteiger partial charge in [-0.05, 0) is 142 Å². The molecule has 0 fully saturated rings. The van der Waals surface area contributed by atoms with Crippen LogP contribution in [0.25, 0.3) is 45.8 Å². The van der Waals surface area contributed by atoms with Gasteiger partial charge in [0.15, 0.2) is 0 Å². The first-order chi connectivity index (χ1) is 44.2. The molecule has 10 rings (SSSR count). The normalized spacial score (nSPS) is 15.8. The maximum Gasteiger partial charge on any atom is 0.265 e. The third kappa shape index (κ3) is 15.6. The third-order valence-electron chi connectivity index (χ3n) is 22.2. The van der Waals surface area contributed by atoms with Gasteiger partial charge in [0.1, 0.15) is 0 Å². The Balaban J connectivity index is 0.985. The fraction of sp³-hybridized carbons (Fsp3) is 0.595. The molecule has 0 atom stereocenters. The Morgan fingerprint density at radius 2 is 0.556 bits per heavy atom. The Kier molecular flexibility index (Phi) is 26.1. The van der Waals surface area contributed by atoms with E-state index >= 15 is 9.59 Å². The van der Waals surface area contributed by atoms with E-state index < -0.39 is 0 Å². The zero-order valence-electron chi connectivity index (χ0n) is 56.7. The van der Waals surface area contributed by atoms with E-state index in [2.05, 4.69) is 132 Å². The molecule has 486 valence electrons. The van der Waals surface area contributed by atoms with E-state index in [1.807, 2.05) is 22.2 Å². The molecule has 0 saturated carbocycles. The monoisotopic (exact) mass is 1340 g/mol. The van der Waals surface area contributed by atoms with Crippen LogP contribution in [0.3, 0.4) is 0 Å². The van der Waals surface area contributed by atoms with Crippen LogP contribution in [0.5, 0.6) is 0 Å². The van der Waals surface area contributed by atoms with Gasteiger partial charge in [0.05, 0.1) is 22.5 Å². The van der Waals surface area contributed by atoms with Crippen molar-refractivity contribution < 1.29 is 9.59 Å². The minimum Gasteiger partial charge on any atom is -0.282 e. The highest BCUT2D eigenvalue weighted by molar-refractivity contribution is 9.10. The lowest BCUT2D eigenvalue weighted by molar-refractivity contribution is -0.122. The van der Waals surface area contributed by atoms with Crippen LogP contribution in [0.4, 0.5) is 0 Å². The molecule has 4 aromatic rings. The predicted molar refractivity (Wildman–Crippen MR) is 392 cm³/mol. The van der Waals surface area contributed by atoms with Crippen LogP contribution in [0.15, 0.2) is 93.2 Å². The Bertz CT molecular complexity index is 2930. The number of fused-ring (bicyclic) bond motifs is 13. The summed E-state index contributed by atoms with van der Waals surface area (Å²) in [5.74, 6) is -0.170. The first-order valence-electron chi connectivity index (χ1n) is 37.7. The molecule has 0 unspecified atom stereocenters. The average molecular weight is 1340 g/mol. The van der Waals surface area contributed by atoms with Crippen LogP contribution in [0, 0.1) is 0 Å². The van der Waals surface area contributed by atoms with Crippen molar-refractivity contribution >= 4 is 67.2 Å². The van der Waals surface area contributed by atoms with Crippen LogP contribution >= 0.6 is 31.9 Å². The molecule has 0 bridgehead atoms. The molecular formula is C84H114Br2N2O2. The van der Waals surface area contributed by atoms with Crippen LogP contribution in [-0.4, -0.2) is 21.6 Å². The van der Waals surface area contributed by atoms with Crippen molar-refractivity contribution in [2.45, 2.75) is 321 Å². The van der Waals surface area contributed by atoms with Crippen molar-refractivity contribution in [1.82, 2.24) is 9.80 Å². The number of hydrogen-bond acceptors (Lipinski definition) is 2. The highest BCUT2D eigenvalue weighted by Gasteiger charge is 2.52. The summed E-state index contributed by atoms with van der Waals surface area (Å²) in [6.07, 6.45) is 65.5. The number of nitrogens with zero attached hydrogens (tertiary/aromatic N) is 2. The van der Waals surface area contributed by atoms with E-state index in [-0.39, 0.29) is 22.6 Å². The van der Waals surface area contributed by atoms with E-state index in [1.54, 1.807) is 0 Å². The Hall–Kier alpha value is -4.26. The van der Waals surface area contributed by atoms with Gasteiger partial charge in [0.25, 0.3) is 11.8 Å². The van der Waals surface area contributed by atoms with E-state index in [0.29, 0.717) is 11.1 Å². The molecule has 4 aliphatic heterocycles. The molecule has 0 radical (unpaired) electrons. The van der Waals surface area contributed by atoms with Gasteiger partial charge in [0.2, 0.25) is 0 Å². The number of carbonyl (C=O) groups is 2. The number of carbonyl (C=O) groups excluding carboxylic acids is 2. The third-order valence-corrected chi connectivity index (χ3v) is 23.2. The molecule has 2 amide bonds. The largest absolute Gasteiger partial charge is 0.282 e. The maximum absolute atomic E-state index is 15.6. The minimum absolute atomic E-state index is 0.0848. The van der Waals surface area contributed by atoms with E-state index in [4.69, 9.17) is 0 Å². The fourth-order valence-electron chi connectivity index (χ4n) is 17.2. The lowest BCUT2D eigenvalue weighted by Gasteiger charge is -2.34. The highest BCUT2D eigenvalue weighted by Crippen LogP contribution is 2.60. The van der Waals surface area contributed by atoms with Crippen molar-refractivity contribution in [2.75, 3.05) is 0 Å². The van der Waals surface area contributed by atoms with Gasteiger partial charge < -0.3 is 0 Å².